The van der Waals surface area contributed by atoms with Crippen molar-refractivity contribution in [2.45, 2.75) is 32.2 Å². The van der Waals surface area contributed by atoms with Gasteiger partial charge in [-0.25, -0.2) is 0 Å². The summed E-state index contributed by atoms with van der Waals surface area (Å²) < 4.78 is 5.21. The molecule has 0 bridgehead atoms. The number of hydrogen-bond donors (Lipinski definition) is 2. The standard InChI is InChI=1S/C18H21N3O3/c1-11-16(17-13(20-11)7-5-8-15(17)22)18(23)21-14(10-24-2)12-6-3-4-9-19-12/h3-4,6,9,14,20H,5,7-8,10H2,1-2H3,(H,21,23)/t14-/m0/s1. The number of amides is 1. The Morgan fingerprint density at radius 1 is 1.42 bits per heavy atom. The molecule has 0 aromatic carbocycles. The molecule has 2 heterocycles. The fourth-order valence-corrected chi connectivity index (χ4v) is 3.20. The highest BCUT2D eigenvalue weighted by Crippen LogP contribution is 2.27. The van der Waals surface area contributed by atoms with Gasteiger partial charge in [-0.3, -0.25) is 14.6 Å². The Hall–Kier alpha value is -2.47. The SMILES string of the molecule is COC[C@H](NC(=O)c1c(C)[nH]c2c1C(=O)CCC2)c1ccccn1. The Bertz CT molecular complexity index is 752. The summed E-state index contributed by atoms with van der Waals surface area (Å²) in [6, 6.07) is 5.16. The summed E-state index contributed by atoms with van der Waals surface area (Å²) in [4.78, 5) is 32.6. The van der Waals surface area contributed by atoms with E-state index in [1.165, 1.54) is 0 Å². The van der Waals surface area contributed by atoms with Crippen LogP contribution in [-0.4, -0.2) is 35.4 Å². The summed E-state index contributed by atoms with van der Waals surface area (Å²) in [5.41, 5.74) is 3.32. The number of H-pyrrole nitrogens is 1. The molecular formula is C18H21N3O3. The highest BCUT2D eigenvalue weighted by Gasteiger charge is 2.29. The second kappa shape index (κ2) is 6.97. The van der Waals surface area contributed by atoms with Crippen LogP contribution in [0, 0.1) is 6.92 Å². The lowest BCUT2D eigenvalue weighted by atomic mass is 9.93. The van der Waals surface area contributed by atoms with E-state index in [2.05, 4.69) is 15.3 Å². The highest BCUT2D eigenvalue weighted by atomic mass is 16.5. The summed E-state index contributed by atoms with van der Waals surface area (Å²) in [7, 11) is 1.58. The normalized spacial score (nSPS) is 15.0. The van der Waals surface area contributed by atoms with E-state index < -0.39 is 0 Å². The van der Waals surface area contributed by atoms with Crippen molar-refractivity contribution in [3.63, 3.8) is 0 Å². The summed E-state index contributed by atoms with van der Waals surface area (Å²) in [6.07, 6.45) is 3.80. The highest BCUT2D eigenvalue weighted by molar-refractivity contribution is 6.10. The summed E-state index contributed by atoms with van der Waals surface area (Å²) in [5.74, 6) is -0.236. The zero-order valence-electron chi connectivity index (χ0n) is 13.9. The average molecular weight is 327 g/mol. The molecular weight excluding hydrogens is 306 g/mol. The number of Topliss-reactive ketones (excluding diaryl/α,β-unsaturated/α-hetero) is 1. The number of nitrogens with zero attached hydrogens (tertiary/aromatic N) is 1. The first-order valence-electron chi connectivity index (χ1n) is 8.07. The van der Waals surface area contributed by atoms with E-state index in [0.717, 1.165) is 29.9 Å². The van der Waals surface area contributed by atoms with Crippen LogP contribution in [0.5, 0.6) is 0 Å². The van der Waals surface area contributed by atoms with E-state index in [1.807, 2.05) is 25.1 Å². The molecule has 0 aliphatic heterocycles. The number of rotatable bonds is 5. The van der Waals surface area contributed by atoms with Crippen LogP contribution < -0.4 is 5.32 Å². The van der Waals surface area contributed by atoms with Crippen LogP contribution in [0.15, 0.2) is 24.4 Å². The third kappa shape index (κ3) is 3.10. The van der Waals surface area contributed by atoms with Gasteiger partial charge in [0.05, 0.1) is 29.5 Å². The van der Waals surface area contributed by atoms with Crippen molar-refractivity contribution in [1.82, 2.24) is 15.3 Å². The topological polar surface area (TPSA) is 84.1 Å². The number of fused-ring (bicyclic) bond motifs is 1. The molecule has 0 saturated heterocycles. The van der Waals surface area contributed by atoms with Crippen molar-refractivity contribution >= 4 is 11.7 Å². The molecule has 0 saturated carbocycles. The maximum absolute atomic E-state index is 12.8. The van der Waals surface area contributed by atoms with Gasteiger partial charge in [0, 0.05) is 31.1 Å². The molecule has 2 aromatic rings. The summed E-state index contributed by atoms with van der Waals surface area (Å²) in [5, 5.41) is 2.95. The van der Waals surface area contributed by atoms with Gasteiger partial charge in [-0.2, -0.15) is 0 Å². The minimum Gasteiger partial charge on any atom is -0.382 e. The molecule has 2 N–H and O–H groups in total. The molecule has 1 amide bonds. The van der Waals surface area contributed by atoms with Crippen LogP contribution >= 0.6 is 0 Å². The number of carbonyl (C=O) groups is 2. The number of aromatic amines is 1. The second-order valence-corrected chi connectivity index (χ2v) is 5.99. The minimum atomic E-state index is -0.368. The Labute approximate surface area is 140 Å². The van der Waals surface area contributed by atoms with Crippen molar-refractivity contribution in [1.29, 1.82) is 0 Å². The van der Waals surface area contributed by atoms with Crippen LogP contribution in [0.1, 0.15) is 56.7 Å². The molecule has 0 fully saturated rings. The Kier molecular flexibility index (Phi) is 4.76. The van der Waals surface area contributed by atoms with Gasteiger partial charge in [0.25, 0.3) is 5.91 Å². The number of aryl methyl sites for hydroxylation is 2. The van der Waals surface area contributed by atoms with Gasteiger partial charge in [-0.05, 0) is 31.9 Å². The van der Waals surface area contributed by atoms with Crippen LogP contribution in [0.4, 0.5) is 0 Å². The molecule has 3 rings (SSSR count). The molecule has 1 aliphatic carbocycles. The lowest BCUT2D eigenvalue weighted by Crippen LogP contribution is -2.33. The van der Waals surface area contributed by atoms with Gasteiger partial charge in [0.15, 0.2) is 5.78 Å². The lowest BCUT2D eigenvalue weighted by Gasteiger charge is -2.18. The third-order valence-electron chi connectivity index (χ3n) is 4.29. The van der Waals surface area contributed by atoms with E-state index >= 15 is 0 Å². The first-order valence-corrected chi connectivity index (χ1v) is 8.07. The quantitative estimate of drug-likeness (QED) is 0.883. The molecule has 24 heavy (non-hydrogen) atoms. The number of nitrogens with one attached hydrogen (secondary N) is 2. The maximum atomic E-state index is 12.8. The monoisotopic (exact) mass is 327 g/mol. The molecule has 6 heteroatoms. The Morgan fingerprint density at radius 3 is 2.96 bits per heavy atom. The van der Waals surface area contributed by atoms with Gasteiger partial charge in [0.1, 0.15) is 0 Å². The molecule has 126 valence electrons. The number of aromatic nitrogens is 2. The predicted molar refractivity (Wildman–Crippen MR) is 89.1 cm³/mol. The van der Waals surface area contributed by atoms with E-state index in [4.69, 9.17) is 4.74 Å². The lowest BCUT2D eigenvalue weighted by molar-refractivity contribution is 0.0881. The van der Waals surface area contributed by atoms with Gasteiger partial charge in [-0.1, -0.05) is 6.07 Å². The van der Waals surface area contributed by atoms with E-state index in [9.17, 15) is 9.59 Å². The molecule has 6 nitrogen and oxygen atoms in total. The van der Waals surface area contributed by atoms with Gasteiger partial charge < -0.3 is 15.0 Å². The van der Waals surface area contributed by atoms with Gasteiger partial charge in [0.2, 0.25) is 0 Å². The number of pyridine rings is 1. The van der Waals surface area contributed by atoms with Crippen molar-refractivity contribution in [3.05, 3.63) is 52.6 Å². The number of ketones is 1. The molecule has 1 atom stereocenters. The zero-order chi connectivity index (χ0) is 17.1. The van der Waals surface area contributed by atoms with E-state index in [0.29, 0.717) is 24.2 Å². The fourth-order valence-electron chi connectivity index (χ4n) is 3.20. The van der Waals surface area contributed by atoms with Crippen LogP contribution in [0.3, 0.4) is 0 Å². The Balaban J connectivity index is 1.89. The number of ether oxygens (including phenoxy) is 1. The number of methoxy groups -OCH3 is 1. The smallest absolute Gasteiger partial charge is 0.254 e. The number of carbonyl (C=O) groups excluding carboxylic acids is 2. The molecule has 0 unspecified atom stereocenters. The molecule has 1 aliphatic rings. The van der Waals surface area contributed by atoms with Crippen LogP contribution in [0.25, 0.3) is 0 Å². The predicted octanol–water partition coefficient (Wildman–Crippen LogP) is 2.35. The first kappa shape index (κ1) is 16.4. The van der Waals surface area contributed by atoms with Crippen molar-refractivity contribution < 1.29 is 14.3 Å². The average Bonchev–Trinajstić information content (AvgIpc) is 2.92. The van der Waals surface area contributed by atoms with Crippen molar-refractivity contribution in [2.24, 2.45) is 0 Å². The second-order valence-electron chi connectivity index (χ2n) is 5.99. The van der Waals surface area contributed by atoms with Crippen LogP contribution in [-0.2, 0) is 11.2 Å². The van der Waals surface area contributed by atoms with Crippen molar-refractivity contribution in [3.8, 4) is 0 Å². The van der Waals surface area contributed by atoms with Gasteiger partial charge in [-0.15, -0.1) is 0 Å². The van der Waals surface area contributed by atoms with Crippen LogP contribution in [0.2, 0.25) is 0 Å². The third-order valence-corrected chi connectivity index (χ3v) is 4.29. The first-order chi connectivity index (χ1) is 11.6. The summed E-state index contributed by atoms with van der Waals surface area (Å²) in [6.45, 7) is 2.13. The fraction of sp³-hybridized carbons (Fsp3) is 0.389. The maximum Gasteiger partial charge on any atom is 0.254 e. The van der Waals surface area contributed by atoms with Crippen molar-refractivity contribution in [2.75, 3.05) is 13.7 Å². The molecule has 0 spiro atoms. The van der Waals surface area contributed by atoms with E-state index in [1.54, 1.807) is 13.3 Å². The zero-order valence-corrected chi connectivity index (χ0v) is 13.9. The van der Waals surface area contributed by atoms with Gasteiger partial charge >= 0.3 is 0 Å². The molecule has 0 radical (unpaired) electrons. The molecule has 2 aromatic heterocycles. The summed E-state index contributed by atoms with van der Waals surface area (Å²) >= 11 is 0. The minimum absolute atomic E-state index is 0.0341. The largest absolute Gasteiger partial charge is 0.382 e. The van der Waals surface area contributed by atoms with E-state index in [-0.39, 0.29) is 17.7 Å². The number of hydrogen-bond acceptors (Lipinski definition) is 4. The Morgan fingerprint density at radius 2 is 2.25 bits per heavy atom.